The fourth-order valence-electron chi connectivity index (χ4n) is 2.76. The molecular formula is C23H30N4O3. The molecule has 2 aromatic rings. The van der Waals surface area contributed by atoms with Crippen molar-refractivity contribution >= 4 is 34.8 Å². The fraction of sp³-hybridized carbons (Fsp3) is 0.348. The van der Waals surface area contributed by atoms with Crippen LogP contribution in [-0.4, -0.2) is 30.8 Å². The van der Waals surface area contributed by atoms with Gasteiger partial charge in [-0.3, -0.25) is 14.4 Å². The molecule has 0 aliphatic rings. The predicted octanol–water partition coefficient (Wildman–Crippen LogP) is 4.01. The summed E-state index contributed by atoms with van der Waals surface area (Å²) in [7, 11) is 0. The molecule has 4 N–H and O–H groups in total. The van der Waals surface area contributed by atoms with Gasteiger partial charge in [-0.05, 0) is 49.2 Å². The van der Waals surface area contributed by atoms with Crippen molar-refractivity contribution in [1.82, 2.24) is 5.32 Å². The van der Waals surface area contributed by atoms with Gasteiger partial charge in [0.05, 0.1) is 6.54 Å². The number of hydrogen-bond acceptors (Lipinski definition) is 4. The van der Waals surface area contributed by atoms with Gasteiger partial charge in [-0.1, -0.05) is 32.4 Å². The van der Waals surface area contributed by atoms with E-state index in [2.05, 4.69) is 28.2 Å². The number of benzene rings is 2. The quantitative estimate of drug-likeness (QED) is 0.421. The Balaban J connectivity index is 1.87. The molecule has 0 unspecified atom stereocenters. The van der Waals surface area contributed by atoms with Crippen LogP contribution < -0.4 is 21.3 Å². The lowest BCUT2D eigenvalue weighted by molar-refractivity contribution is -0.116. The second-order valence-electron chi connectivity index (χ2n) is 6.97. The highest BCUT2D eigenvalue weighted by molar-refractivity contribution is 5.97. The van der Waals surface area contributed by atoms with Gasteiger partial charge < -0.3 is 21.3 Å². The molecular weight excluding hydrogens is 380 g/mol. The first kappa shape index (κ1) is 22.9. The predicted molar refractivity (Wildman–Crippen MR) is 121 cm³/mol. The van der Waals surface area contributed by atoms with E-state index in [-0.39, 0.29) is 24.3 Å². The Morgan fingerprint density at radius 1 is 0.800 bits per heavy atom. The molecule has 0 aliphatic carbocycles. The molecule has 0 spiro atoms. The SMILES string of the molecule is CCCCNC(=O)c1cccc(NCC(=O)Nc2cccc(NC(=O)CCC)c2)c1. The van der Waals surface area contributed by atoms with Gasteiger partial charge in [0.25, 0.3) is 5.91 Å². The summed E-state index contributed by atoms with van der Waals surface area (Å²) in [5, 5.41) is 11.5. The van der Waals surface area contributed by atoms with Crippen LogP contribution in [0, 0.1) is 0 Å². The number of rotatable bonds is 11. The van der Waals surface area contributed by atoms with Crippen LogP contribution in [0.1, 0.15) is 49.9 Å². The highest BCUT2D eigenvalue weighted by Gasteiger charge is 2.08. The van der Waals surface area contributed by atoms with Crippen LogP contribution in [0.3, 0.4) is 0 Å². The van der Waals surface area contributed by atoms with Crippen LogP contribution >= 0.6 is 0 Å². The minimum absolute atomic E-state index is 0.0489. The molecule has 160 valence electrons. The van der Waals surface area contributed by atoms with E-state index >= 15 is 0 Å². The van der Waals surface area contributed by atoms with Crippen molar-refractivity contribution in [2.75, 3.05) is 29.0 Å². The van der Waals surface area contributed by atoms with Crippen LogP contribution in [-0.2, 0) is 9.59 Å². The van der Waals surface area contributed by atoms with E-state index in [4.69, 9.17) is 0 Å². The van der Waals surface area contributed by atoms with Gasteiger partial charge in [-0.15, -0.1) is 0 Å². The summed E-state index contributed by atoms with van der Waals surface area (Å²) < 4.78 is 0. The molecule has 7 nitrogen and oxygen atoms in total. The first-order valence-electron chi connectivity index (χ1n) is 10.3. The van der Waals surface area contributed by atoms with Crippen LogP contribution in [0.5, 0.6) is 0 Å². The third-order valence-corrected chi connectivity index (χ3v) is 4.30. The molecule has 0 saturated carbocycles. The van der Waals surface area contributed by atoms with Crippen molar-refractivity contribution < 1.29 is 14.4 Å². The molecule has 0 aromatic heterocycles. The summed E-state index contributed by atoms with van der Waals surface area (Å²) in [6.45, 7) is 4.71. The van der Waals surface area contributed by atoms with E-state index < -0.39 is 0 Å². The number of unbranched alkanes of at least 4 members (excludes halogenated alkanes) is 1. The Bertz CT molecular complexity index is 867. The lowest BCUT2D eigenvalue weighted by Gasteiger charge is -2.11. The Hall–Kier alpha value is -3.35. The summed E-state index contributed by atoms with van der Waals surface area (Å²) in [6.07, 6.45) is 3.18. The van der Waals surface area contributed by atoms with Crippen molar-refractivity contribution in [3.05, 3.63) is 54.1 Å². The maximum Gasteiger partial charge on any atom is 0.251 e. The molecule has 0 aliphatic heterocycles. The minimum Gasteiger partial charge on any atom is -0.376 e. The van der Waals surface area contributed by atoms with E-state index in [1.807, 2.05) is 6.92 Å². The Morgan fingerprint density at radius 3 is 2.17 bits per heavy atom. The zero-order valence-corrected chi connectivity index (χ0v) is 17.6. The Labute approximate surface area is 177 Å². The summed E-state index contributed by atoms with van der Waals surface area (Å²) in [6, 6.07) is 14.1. The second-order valence-corrected chi connectivity index (χ2v) is 6.97. The maximum absolute atomic E-state index is 12.3. The van der Waals surface area contributed by atoms with Crippen molar-refractivity contribution in [2.45, 2.75) is 39.5 Å². The average molecular weight is 411 g/mol. The molecule has 0 saturated heterocycles. The number of carbonyl (C=O) groups excluding carboxylic acids is 3. The highest BCUT2D eigenvalue weighted by Crippen LogP contribution is 2.16. The molecule has 7 heteroatoms. The van der Waals surface area contributed by atoms with E-state index in [0.29, 0.717) is 35.6 Å². The Morgan fingerprint density at radius 2 is 1.47 bits per heavy atom. The summed E-state index contributed by atoms with van der Waals surface area (Å²) >= 11 is 0. The average Bonchev–Trinajstić information content (AvgIpc) is 2.73. The van der Waals surface area contributed by atoms with Gasteiger partial charge in [-0.2, -0.15) is 0 Å². The molecule has 2 aromatic carbocycles. The molecule has 2 rings (SSSR count). The third-order valence-electron chi connectivity index (χ3n) is 4.30. The standard InChI is InChI=1S/C23H30N4O3/c1-3-5-13-24-23(30)17-9-6-10-18(14-17)25-16-22(29)27-20-12-7-11-19(15-20)26-21(28)8-4-2/h6-7,9-12,14-15,25H,3-5,8,13,16H2,1-2H3,(H,24,30)(H,26,28)(H,27,29). The molecule has 0 heterocycles. The first-order valence-corrected chi connectivity index (χ1v) is 10.3. The summed E-state index contributed by atoms with van der Waals surface area (Å²) in [5.74, 6) is -0.412. The van der Waals surface area contributed by atoms with Crippen molar-refractivity contribution in [3.8, 4) is 0 Å². The minimum atomic E-state index is -0.232. The lowest BCUT2D eigenvalue weighted by Crippen LogP contribution is -2.25. The van der Waals surface area contributed by atoms with Gasteiger partial charge >= 0.3 is 0 Å². The fourth-order valence-corrected chi connectivity index (χ4v) is 2.76. The van der Waals surface area contributed by atoms with Gasteiger partial charge in [0.15, 0.2) is 0 Å². The Kier molecular flexibility index (Phi) is 9.37. The number of nitrogens with one attached hydrogen (secondary N) is 4. The number of amides is 3. The molecule has 30 heavy (non-hydrogen) atoms. The number of anilines is 3. The molecule has 3 amide bonds. The van der Waals surface area contributed by atoms with Gasteiger partial charge in [0, 0.05) is 35.6 Å². The summed E-state index contributed by atoms with van der Waals surface area (Å²) in [4.78, 5) is 36.1. The maximum atomic E-state index is 12.3. The van der Waals surface area contributed by atoms with Gasteiger partial charge in [0.1, 0.15) is 0 Å². The monoisotopic (exact) mass is 410 g/mol. The smallest absolute Gasteiger partial charge is 0.251 e. The van der Waals surface area contributed by atoms with Gasteiger partial charge in [-0.25, -0.2) is 0 Å². The lowest BCUT2D eigenvalue weighted by atomic mass is 10.2. The largest absolute Gasteiger partial charge is 0.376 e. The highest BCUT2D eigenvalue weighted by atomic mass is 16.2. The topological polar surface area (TPSA) is 99.3 Å². The van der Waals surface area contributed by atoms with E-state index in [1.165, 1.54) is 0 Å². The third kappa shape index (κ3) is 7.95. The first-order chi connectivity index (χ1) is 14.5. The van der Waals surface area contributed by atoms with Gasteiger partial charge in [0.2, 0.25) is 11.8 Å². The van der Waals surface area contributed by atoms with Crippen molar-refractivity contribution in [1.29, 1.82) is 0 Å². The summed E-state index contributed by atoms with van der Waals surface area (Å²) in [5.41, 5.74) is 2.47. The molecule has 0 bridgehead atoms. The van der Waals surface area contributed by atoms with Crippen molar-refractivity contribution in [2.24, 2.45) is 0 Å². The molecule has 0 fully saturated rings. The zero-order chi connectivity index (χ0) is 21.8. The van der Waals surface area contributed by atoms with Crippen LogP contribution in [0.4, 0.5) is 17.1 Å². The normalized spacial score (nSPS) is 10.2. The van der Waals surface area contributed by atoms with Crippen LogP contribution in [0.2, 0.25) is 0 Å². The van der Waals surface area contributed by atoms with E-state index in [9.17, 15) is 14.4 Å². The van der Waals surface area contributed by atoms with E-state index in [1.54, 1.807) is 48.5 Å². The zero-order valence-electron chi connectivity index (χ0n) is 17.6. The second kappa shape index (κ2) is 12.3. The van der Waals surface area contributed by atoms with Crippen molar-refractivity contribution in [3.63, 3.8) is 0 Å². The van der Waals surface area contributed by atoms with Crippen LogP contribution in [0.15, 0.2) is 48.5 Å². The molecule has 0 atom stereocenters. The number of carbonyl (C=O) groups is 3. The number of hydrogen-bond donors (Lipinski definition) is 4. The van der Waals surface area contributed by atoms with E-state index in [0.717, 1.165) is 19.3 Å². The molecule has 0 radical (unpaired) electrons. The van der Waals surface area contributed by atoms with Crippen LogP contribution in [0.25, 0.3) is 0 Å².